The number of imide groups is 1. The molecule has 0 aliphatic carbocycles. The molecule has 5 rings (SSSR count). The molecule has 8 nitrogen and oxygen atoms in total. The molecule has 1 aliphatic heterocycles. The molecule has 8 heteroatoms. The first-order valence-corrected chi connectivity index (χ1v) is 10.7. The van der Waals surface area contributed by atoms with Gasteiger partial charge in [-0.3, -0.25) is 19.8 Å². The summed E-state index contributed by atoms with van der Waals surface area (Å²) in [5.41, 5.74) is 3.78. The van der Waals surface area contributed by atoms with E-state index in [2.05, 4.69) is 5.32 Å². The van der Waals surface area contributed by atoms with E-state index in [9.17, 15) is 19.7 Å². The highest BCUT2D eigenvalue weighted by Crippen LogP contribution is 2.26. The first-order valence-electron chi connectivity index (χ1n) is 10.7. The standard InChI is InChI=1S/C26H20N4O4/c31-25-23(27-26(32)29(25)16-18-6-2-1-3-7-18)14-20-17-28(24-9-5-4-8-22(20)24)15-19-10-12-21(13-11-19)30(33)34/h1-14,17H,15-16H2,(H,27,32)/b23-14-. The number of benzene rings is 3. The summed E-state index contributed by atoms with van der Waals surface area (Å²) < 4.78 is 2.02. The molecule has 0 atom stereocenters. The average molecular weight is 452 g/mol. The summed E-state index contributed by atoms with van der Waals surface area (Å²) in [5.74, 6) is -0.374. The number of rotatable bonds is 6. The maximum Gasteiger partial charge on any atom is 0.329 e. The van der Waals surface area contributed by atoms with Crippen LogP contribution >= 0.6 is 0 Å². The molecule has 1 aromatic heterocycles. The van der Waals surface area contributed by atoms with E-state index in [1.54, 1.807) is 18.2 Å². The van der Waals surface area contributed by atoms with Gasteiger partial charge in [-0.2, -0.15) is 0 Å². The smallest absolute Gasteiger partial charge is 0.329 e. The highest BCUT2D eigenvalue weighted by molar-refractivity contribution is 6.14. The number of urea groups is 1. The molecular formula is C26H20N4O4. The van der Waals surface area contributed by atoms with Crippen LogP contribution in [0.25, 0.3) is 17.0 Å². The van der Waals surface area contributed by atoms with Crippen molar-refractivity contribution in [2.75, 3.05) is 0 Å². The Balaban J connectivity index is 1.44. The molecule has 34 heavy (non-hydrogen) atoms. The monoisotopic (exact) mass is 452 g/mol. The molecule has 3 aromatic carbocycles. The van der Waals surface area contributed by atoms with Crippen molar-refractivity contribution < 1.29 is 14.5 Å². The van der Waals surface area contributed by atoms with Crippen LogP contribution < -0.4 is 5.32 Å². The number of para-hydroxylation sites is 1. The number of amides is 3. The largest absolute Gasteiger partial charge is 0.342 e. The van der Waals surface area contributed by atoms with Crippen LogP contribution in [0.4, 0.5) is 10.5 Å². The number of nitrogens with one attached hydrogen (secondary N) is 1. The van der Waals surface area contributed by atoms with Gasteiger partial charge in [0.1, 0.15) is 5.70 Å². The quantitative estimate of drug-likeness (QED) is 0.199. The van der Waals surface area contributed by atoms with Crippen molar-refractivity contribution in [3.05, 3.63) is 118 Å². The van der Waals surface area contributed by atoms with Gasteiger partial charge < -0.3 is 9.88 Å². The Morgan fingerprint density at radius 3 is 2.26 bits per heavy atom. The second kappa shape index (κ2) is 8.67. The molecule has 0 radical (unpaired) electrons. The van der Waals surface area contributed by atoms with Gasteiger partial charge in [0.2, 0.25) is 0 Å². The van der Waals surface area contributed by atoms with Crippen LogP contribution in [0.15, 0.2) is 90.8 Å². The highest BCUT2D eigenvalue weighted by atomic mass is 16.6. The lowest BCUT2D eigenvalue weighted by Gasteiger charge is -2.11. The van der Waals surface area contributed by atoms with Crippen LogP contribution in [0.2, 0.25) is 0 Å². The average Bonchev–Trinajstić information content (AvgIpc) is 3.32. The number of carbonyl (C=O) groups is 2. The molecule has 168 valence electrons. The van der Waals surface area contributed by atoms with Crippen LogP contribution in [-0.4, -0.2) is 26.3 Å². The van der Waals surface area contributed by atoms with Crippen molar-refractivity contribution in [2.24, 2.45) is 0 Å². The molecule has 1 N–H and O–H groups in total. The van der Waals surface area contributed by atoms with Gasteiger partial charge in [0.15, 0.2) is 0 Å². The Morgan fingerprint density at radius 2 is 1.53 bits per heavy atom. The van der Waals surface area contributed by atoms with Crippen LogP contribution in [0.5, 0.6) is 0 Å². The third kappa shape index (κ3) is 4.04. The van der Waals surface area contributed by atoms with Gasteiger partial charge in [0.05, 0.1) is 11.5 Å². The molecule has 0 spiro atoms. The molecule has 4 aromatic rings. The van der Waals surface area contributed by atoms with Gasteiger partial charge in [-0.1, -0.05) is 60.7 Å². The molecule has 3 amide bonds. The fourth-order valence-corrected chi connectivity index (χ4v) is 4.08. The van der Waals surface area contributed by atoms with Crippen molar-refractivity contribution in [1.82, 2.24) is 14.8 Å². The minimum absolute atomic E-state index is 0.0436. The van der Waals surface area contributed by atoms with E-state index in [0.29, 0.717) is 6.54 Å². The lowest BCUT2D eigenvalue weighted by molar-refractivity contribution is -0.384. The van der Waals surface area contributed by atoms with Crippen LogP contribution in [0.1, 0.15) is 16.7 Å². The van der Waals surface area contributed by atoms with Gasteiger partial charge in [-0.15, -0.1) is 0 Å². The number of non-ortho nitro benzene ring substituents is 1. The third-order valence-electron chi connectivity index (χ3n) is 5.77. The number of nitro groups is 1. The predicted octanol–water partition coefficient (Wildman–Crippen LogP) is 4.69. The summed E-state index contributed by atoms with van der Waals surface area (Å²) in [6.07, 6.45) is 3.61. The molecule has 2 heterocycles. The second-order valence-corrected chi connectivity index (χ2v) is 8.02. The molecule has 1 fully saturated rings. The number of hydrogen-bond acceptors (Lipinski definition) is 4. The van der Waals surface area contributed by atoms with Gasteiger partial charge in [-0.05, 0) is 23.3 Å². The second-order valence-electron chi connectivity index (χ2n) is 8.02. The van der Waals surface area contributed by atoms with Crippen molar-refractivity contribution in [3.63, 3.8) is 0 Å². The van der Waals surface area contributed by atoms with Crippen LogP contribution in [0, 0.1) is 10.1 Å². The Bertz CT molecular complexity index is 1440. The summed E-state index contributed by atoms with van der Waals surface area (Å²) in [6.45, 7) is 0.701. The van der Waals surface area contributed by atoms with E-state index in [1.807, 2.05) is 65.4 Å². The number of aromatic nitrogens is 1. The summed E-state index contributed by atoms with van der Waals surface area (Å²) in [5, 5.41) is 14.5. The predicted molar refractivity (Wildman–Crippen MR) is 128 cm³/mol. The molecule has 0 unspecified atom stereocenters. The minimum atomic E-state index is -0.449. The third-order valence-corrected chi connectivity index (χ3v) is 5.77. The zero-order valence-electron chi connectivity index (χ0n) is 18.0. The maximum atomic E-state index is 13.0. The molecule has 1 saturated heterocycles. The Kier molecular flexibility index (Phi) is 5.39. The topological polar surface area (TPSA) is 97.5 Å². The number of nitro benzene ring substituents is 1. The number of fused-ring (bicyclic) bond motifs is 1. The highest BCUT2D eigenvalue weighted by Gasteiger charge is 2.33. The SMILES string of the molecule is O=C1N/C(=C\c2cn(Cc3ccc([N+](=O)[O-])cc3)c3ccccc23)C(=O)N1Cc1ccccc1. The number of carbonyl (C=O) groups excluding carboxylic acids is 2. The van der Waals surface area contributed by atoms with Crippen LogP contribution in [-0.2, 0) is 17.9 Å². The van der Waals surface area contributed by atoms with Crippen LogP contribution in [0.3, 0.4) is 0 Å². The fraction of sp³-hybridized carbons (Fsp3) is 0.0769. The summed E-state index contributed by atoms with van der Waals surface area (Å²) in [6, 6.07) is 23.1. The Labute approximate surface area is 194 Å². The zero-order valence-corrected chi connectivity index (χ0v) is 18.0. The number of hydrogen-bond donors (Lipinski definition) is 1. The van der Waals surface area contributed by atoms with Crippen molar-refractivity contribution in [1.29, 1.82) is 0 Å². The molecule has 1 aliphatic rings. The van der Waals surface area contributed by atoms with E-state index in [-0.39, 0.29) is 23.8 Å². The first-order chi connectivity index (χ1) is 16.5. The van der Waals surface area contributed by atoms with Crippen molar-refractivity contribution in [3.8, 4) is 0 Å². The van der Waals surface area contributed by atoms with E-state index >= 15 is 0 Å². The molecule has 0 saturated carbocycles. The van der Waals surface area contributed by atoms with Gasteiger partial charge in [0.25, 0.3) is 11.6 Å². The van der Waals surface area contributed by atoms with E-state index in [0.717, 1.165) is 27.6 Å². The van der Waals surface area contributed by atoms with Gasteiger partial charge in [0, 0.05) is 41.3 Å². The van der Waals surface area contributed by atoms with E-state index in [1.165, 1.54) is 17.0 Å². The van der Waals surface area contributed by atoms with Gasteiger partial charge >= 0.3 is 6.03 Å². The molecule has 0 bridgehead atoms. The van der Waals surface area contributed by atoms with E-state index in [4.69, 9.17) is 0 Å². The molecular weight excluding hydrogens is 432 g/mol. The van der Waals surface area contributed by atoms with Crippen molar-refractivity contribution >= 4 is 34.6 Å². The number of nitrogens with zero attached hydrogens (tertiary/aromatic N) is 3. The van der Waals surface area contributed by atoms with E-state index < -0.39 is 11.0 Å². The van der Waals surface area contributed by atoms with Gasteiger partial charge in [-0.25, -0.2) is 4.79 Å². The summed E-state index contributed by atoms with van der Waals surface area (Å²) in [4.78, 5) is 37.1. The lowest BCUT2D eigenvalue weighted by atomic mass is 10.1. The normalized spacial score (nSPS) is 14.7. The lowest BCUT2D eigenvalue weighted by Crippen LogP contribution is -2.30. The first kappa shape index (κ1) is 21.1. The fourth-order valence-electron chi connectivity index (χ4n) is 4.08. The Hall–Kier alpha value is -4.72. The van der Waals surface area contributed by atoms with Crippen molar-refractivity contribution in [2.45, 2.75) is 13.1 Å². The zero-order chi connectivity index (χ0) is 23.7. The Morgan fingerprint density at radius 1 is 0.853 bits per heavy atom. The summed E-state index contributed by atoms with van der Waals surface area (Å²) in [7, 11) is 0. The maximum absolute atomic E-state index is 13.0. The summed E-state index contributed by atoms with van der Waals surface area (Å²) >= 11 is 0. The minimum Gasteiger partial charge on any atom is -0.342 e.